The number of ether oxygens (including phenoxy) is 1. The Hall–Kier alpha value is -2.10. The van der Waals surface area contributed by atoms with E-state index in [1.54, 1.807) is 6.07 Å². The SMILES string of the molecule is CC(C)Oc1ccccc1-c1cc(N)nc(C(C)(C)C)n1. The van der Waals surface area contributed by atoms with Crippen molar-refractivity contribution in [2.75, 3.05) is 5.73 Å². The van der Waals surface area contributed by atoms with Crippen molar-refractivity contribution in [1.29, 1.82) is 0 Å². The van der Waals surface area contributed by atoms with E-state index in [0.717, 1.165) is 22.8 Å². The predicted octanol–water partition coefficient (Wildman–Crippen LogP) is 3.81. The number of nitrogen functional groups attached to an aromatic ring is 1. The zero-order valence-electron chi connectivity index (χ0n) is 13.3. The molecule has 1 aromatic carbocycles. The standard InChI is InChI=1S/C17H23N3O/c1-11(2)21-14-9-7-6-8-12(14)13-10-15(18)20-16(19-13)17(3,4)5/h6-11H,1-5H3,(H2,18,19,20). The molecule has 4 nitrogen and oxygen atoms in total. The van der Waals surface area contributed by atoms with Gasteiger partial charge in [-0.3, -0.25) is 0 Å². The van der Waals surface area contributed by atoms with Crippen molar-refractivity contribution < 1.29 is 4.74 Å². The van der Waals surface area contributed by atoms with Gasteiger partial charge in [-0.15, -0.1) is 0 Å². The molecule has 1 heterocycles. The van der Waals surface area contributed by atoms with Gasteiger partial charge in [0.05, 0.1) is 11.8 Å². The first kappa shape index (κ1) is 15.3. The number of nitrogens with two attached hydrogens (primary N) is 1. The van der Waals surface area contributed by atoms with E-state index < -0.39 is 0 Å². The number of aromatic nitrogens is 2. The highest BCUT2D eigenvalue weighted by atomic mass is 16.5. The van der Waals surface area contributed by atoms with Gasteiger partial charge in [-0.25, -0.2) is 9.97 Å². The van der Waals surface area contributed by atoms with Crippen LogP contribution < -0.4 is 10.5 Å². The monoisotopic (exact) mass is 285 g/mol. The third kappa shape index (κ3) is 3.72. The second-order valence-electron chi connectivity index (χ2n) is 6.41. The largest absolute Gasteiger partial charge is 0.490 e. The molecule has 4 heteroatoms. The highest BCUT2D eigenvalue weighted by molar-refractivity contribution is 5.69. The summed E-state index contributed by atoms with van der Waals surface area (Å²) in [6.45, 7) is 10.2. The van der Waals surface area contributed by atoms with Crippen LogP contribution in [0.4, 0.5) is 5.82 Å². The van der Waals surface area contributed by atoms with Gasteiger partial charge in [-0.1, -0.05) is 32.9 Å². The molecule has 1 aromatic heterocycles. The fourth-order valence-electron chi connectivity index (χ4n) is 1.97. The van der Waals surface area contributed by atoms with Gasteiger partial charge in [0, 0.05) is 17.0 Å². The van der Waals surface area contributed by atoms with E-state index in [0.29, 0.717) is 5.82 Å². The molecule has 0 saturated carbocycles. The molecule has 0 aliphatic rings. The third-order valence-corrected chi connectivity index (χ3v) is 2.94. The highest BCUT2D eigenvalue weighted by Crippen LogP contribution is 2.31. The first-order valence-corrected chi connectivity index (χ1v) is 7.18. The van der Waals surface area contributed by atoms with Gasteiger partial charge in [0.25, 0.3) is 0 Å². The maximum Gasteiger partial charge on any atom is 0.136 e. The molecular weight excluding hydrogens is 262 g/mol. The van der Waals surface area contributed by atoms with Crippen molar-refractivity contribution in [2.24, 2.45) is 0 Å². The number of para-hydroxylation sites is 1. The van der Waals surface area contributed by atoms with Gasteiger partial charge in [0.1, 0.15) is 17.4 Å². The fourth-order valence-corrected chi connectivity index (χ4v) is 1.97. The Balaban J connectivity index is 2.54. The molecule has 2 rings (SSSR count). The summed E-state index contributed by atoms with van der Waals surface area (Å²) in [5.41, 5.74) is 7.53. The molecule has 0 saturated heterocycles. The summed E-state index contributed by atoms with van der Waals surface area (Å²) in [4.78, 5) is 9.02. The number of rotatable bonds is 3. The molecule has 112 valence electrons. The van der Waals surface area contributed by atoms with Crippen LogP contribution in [0.15, 0.2) is 30.3 Å². The topological polar surface area (TPSA) is 61.0 Å². The molecule has 0 bridgehead atoms. The Bertz CT molecular complexity index is 630. The van der Waals surface area contributed by atoms with Crippen LogP contribution in [0.3, 0.4) is 0 Å². The van der Waals surface area contributed by atoms with E-state index in [4.69, 9.17) is 10.5 Å². The lowest BCUT2D eigenvalue weighted by Crippen LogP contribution is -2.17. The Morgan fingerprint density at radius 3 is 2.38 bits per heavy atom. The van der Waals surface area contributed by atoms with Gasteiger partial charge in [-0.2, -0.15) is 0 Å². The van der Waals surface area contributed by atoms with Gasteiger partial charge in [0.15, 0.2) is 0 Å². The van der Waals surface area contributed by atoms with Gasteiger partial charge < -0.3 is 10.5 Å². The Labute approximate surface area is 126 Å². The predicted molar refractivity (Wildman–Crippen MR) is 86.3 cm³/mol. The number of hydrogen-bond donors (Lipinski definition) is 1. The number of benzene rings is 1. The van der Waals surface area contributed by atoms with E-state index in [9.17, 15) is 0 Å². The molecule has 2 N–H and O–H groups in total. The van der Waals surface area contributed by atoms with Crippen molar-refractivity contribution in [2.45, 2.75) is 46.1 Å². The van der Waals surface area contributed by atoms with Gasteiger partial charge in [-0.05, 0) is 26.0 Å². The van der Waals surface area contributed by atoms with Gasteiger partial charge >= 0.3 is 0 Å². The number of anilines is 1. The Morgan fingerprint density at radius 1 is 1.10 bits per heavy atom. The van der Waals surface area contributed by atoms with E-state index in [1.807, 2.05) is 38.1 Å². The van der Waals surface area contributed by atoms with Crippen LogP contribution >= 0.6 is 0 Å². The van der Waals surface area contributed by atoms with Crippen LogP contribution in [0.25, 0.3) is 11.3 Å². The molecule has 0 aliphatic heterocycles. The molecule has 0 spiro atoms. The molecule has 0 amide bonds. The second-order valence-corrected chi connectivity index (χ2v) is 6.41. The van der Waals surface area contributed by atoms with E-state index in [1.165, 1.54) is 0 Å². The molecule has 21 heavy (non-hydrogen) atoms. The first-order valence-electron chi connectivity index (χ1n) is 7.18. The summed E-state index contributed by atoms with van der Waals surface area (Å²) in [5.74, 6) is 2.02. The minimum absolute atomic E-state index is 0.104. The highest BCUT2D eigenvalue weighted by Gasteiger charge is 2.20. The maximum absolute atomic E-state index is 5.95. The smallest absolute Gasteiger partial charge is 0.136 e. The molecule has 0 unspecified atom stereocenters. The van der Waals surface area contributed by atoms with Crippen LogP contribution in [-0.4, -0.2) is 16.1 Å². The lowest BCUT2D eigenvalue weighted by atomic mass is 9.95. The van der Waals surface area contributed by atoms with Crippen LogP contribution in [0.2, 0.25) is 0 Å². The van der Waals surface area contributed by atoms with Crippen molar-refractivity contribution in [3.05, 3.63) is 36.2 Å². The average Bonchev–Trinajstić information content (AvgIpc) is 2.37. The van der Waals surface area contributed by atoms with Crippen LogP contribution in [0.5, 0.6) is 5.75 Å². The maximum atomic E-state index is 5.95. The molecule has 0 radical (unpaired) electrons. The van der Waals surface area contributed by atoms with Crippen molar-refractivity contribution in [3.63, 3.8) is 0 Å². The van der Waals surface area contributed by atoms with E-state index >= 15 is 0 Å². The minimum atomic E-state index is -0.155. The summed E-state index contributed by atoms with van der Waals surface area (Å²) in [5, 5.41) is 0. The van der Waals surface area contributed by atoms with Gasteiger partial charge in [0.2, 0.25) is 0 Å². The molecule has 0 fully saturated rings. The summed E-state index contributed by atoms with van der Waals surface area (Å²) in [6, 6.07) is 9.65. The van der Waals surface area contributed by atoms with E-state index in [-0.39, 0.29) is 11.5 Å². The molecule has 0 aliphatic carbocycles. The normalized spacial score (nSPS) is 11.7. The Kier molecular flexibility index (Phi) is 4.16. The molecule has 0 atom stereocenters. The van der Waals surface area contributed by atoms with Crippen LogP contribution in [-0.2, 0) is 5.41 Å². The molecule has 2 aromatic rings. The van der Waals surface area contributed by atoms with Crippen LogP contribution in [0.1, 0.15) is 40.4 Å². The number of hydrogen-bond acceptors (Lipinski definition) is 4. The minimum Gasteiger partial charge on any atom is -0.490 e. The summed E-state index contributed by atoms with van der Waals surface area (Å²) >= 11 is 0. The lowest BCUT2D eigenvalue weighted by molar-refractivity contribution is 0.243. The quantitative estimate of drug-likeness (QED) is 0.931. The summed E-state index contributed by atoms with van der Waals surface area (Å²) in [6.07, 6.45) is 0.104. The fraction of sp³-hybridized carbons (Fsp3) is 0.412. The Morgan fingerprint density at radius 2 is 1.76 bits per heavy atom. The van der Waals surface area contributed by atoms with Crippen molar-refractivity contribution in [1.82, 2.24) is 9.97 Å². The zero-order valence-corrected chi connectivity index (χ0v) is 13.3. The third-order valence-electron chi connectivity index (χ3n) is 2.94. The van der Waals surface area contributed by atoms with E-state index in [2.05, 4.69) is 30.7 Å². The van der Waals surface area contributed by atoms with Crippen LogP contribution in [0, 0.1) is 0 Å². The molecular formula is C17H23N3O. The number of nitrogens with zero attached hydrogens (tertiary/aromatic N) is 2. The first-order chi connectivity index (χ1) is 9.77. The second kappa shape index (κ2) is 5.72. The average molecular weight is 285 g/mol. The lowest BCUT2D eigenvalue weighted by Gasteiger charge is -2.19. The van der Waals surface area contributed by atoms with Crippen molar-refractivity contribution in [3.8, 4) is 17.0 Å². The summed E-state index contributed by atoms with van der Waals surface area (Å²) < 4.78 is 5.86. The van der Waals surface area contributed by atoms with Crippen molar-refractivity contribution >= 4 is 5.82 Å². The zero-order chi connectivity index (χ0) is 15.6. The summed E-state index contributed by atoms with van der Waals surface area (Å²) in [7, 11) is 0.